The van der Waals surface area contributed by atoms with Gasteiger partial charge in [0, 0.05) is 11.8 Å². The van der Waals surface area contributed by atoms with Gasteiger partial charge in [-0.2, -0.15) is 0 Å². The Kier molecular flexibility index (Phi) is 3.30. The highest BCUT2D eigenvalue weighted by molar-refractivity contribution is 5.87. The molecule has 118 valence electrons. The van der Waals surface area contributed by atoms with Gasteiger partial charge in [0.05, 0.1) is 0 Å². The molecule has 0 heterocycles. The molecule has 4 atom stereocenters. The molecule has 0 radical (unpaired) electrons. The van der Waals surface area contributed by atoms with Crippen molar-refractivity contribution in [3.8, 4) is 5.75 Å². The zero-order valence-corrected chi connectivity index (χ0v) is 13.3. The summed E-state index contributed by atoms with van der Waals surface area (Å²) in [4.78, 5) is 12.3. The van der Waals surface area contributed by atoms with Gasteiger partial charge in [-0.1, -0.05) is 13.0 Å². The molecule has 3 aliphatic carbocycles. The normalized spacial score (nSPS) is 36.5. The molecule has 0 spiro atoms. The summed E-state index contributed by atoms with van der Waals surface area (Å²) < 4.78 is 5.44. The zero-order chi connectivity index (χ0) is 15.3. The van der Waals surface area contributed by atoms with E-state index in [4.69, 9.17) is 10.5 Å². The van der Waals surface area contributed by atoms with Gasteiger partial charge < -0.3 is 4.74 Å². The molecule has 4 unspecified atom stereocenters. The number of hydrogen-bond donors (Lipinski definition) is 1. The molecule has 4 rings (SSSR count). The molecule has 22 heavy (non-hydrogen) atoms. The van der Waals surface area contributed by atoms with Gasteiger partial charge in [-0.3, -0.25) is 10.5 Å². The lowest BCUT2D eigenvalue weighted by molar-refractivity contribution is -0.129. The first kappa shape index (κ1) is 14.3. The Morgan fingerprint density at radius 2 is 2.14 bits per heavy atom. The largest absolute Gasteiger partial charge is 0.479 e. The van der Waals surface area contributed by atoms with E-state index in [2.05, 4.69) is 25.1 Å². The first-order chi connectivity index (χ1) is 10.6. The molecule has 0 amide bonds. The summed E-state index contributed by atoms with van der Waals surface area (Å²) in [5.74, 6) is 3.34. The SMILES string of the molecule is CC12CCC3c4ccc(OCN)cc4CCC3C1CCC2=O. The highest BCUT2D eigenvalue weighted by Crippen LogP contribution is 2.59. The summed E-state index contributed by atoms with van der Waals surface area (Å²) in [7, 11) is 0. The minimum atomic E-state index is -0.0265. The zero-order valence-electron chi connectivity index (χ0n) is 13.3. The molecule has 0 bridgehead atoms. The predicted molar refractivity (Wildman–Crippen MR) is 85.7 cm³/mol. The second kappa shape index (κ2) is 5.09. The lowest BCUT2D eigenvalue weighted by Gasteiger charge is -2.48. The monoisotopic (exact) mass is 299 g/mol. The molecule has 3 heteroatoms. The first-order valence-corrected chi connectivity index (χ1v) is 8.62. The summed E-state index contributed by atoms with van der Waals surface area (Å²) >= 11 is 0. The maximum Gasteiger partial charge on any atom is 0.139 e. The highest BCUT2D eigenvalue weighted by Gasteiger charge is 2.54. The van der Waals surface area contributed by atoms with Crippen LogP contribution in [-0.4, -0.2) is 12.5 Å². The van der Waals surface area contributed by atoms with Crippen LogP contribution in [0.4, 0.5) is 0 Å². The fraction of sp³-hybridized carbons (Fsp3) is 0.632. The molecule has 0 aromatic heterocycles. The van der Waals surface area contributed by atoms with Crippen LogP contribution in [0.2, 0.25) is 0 Å². The Morgan fingerprint density at radius 1 is 1.27 bits per heavy atom. The van der Waals surface area contributed by atoms with E-state index < -0.39 is 0 Å². The van der Waals surface area contributed by atoms with E-state index in [0.717, 1.165) is 37.9 Å². The van der Waals surface area contributed by atoms with Crippen molar-refractivity contribution in [2.45, 2.75) is 51.4 Å². The van der Waals surface area contributed by atoms with Crippen molar-refractivity contribution in [2.75, 3.05) is 6.73 Å². The van der Waals surface area contributed by atoms with Crippen LogP contribution in [-0.2, 0) is 11.2 Å². The van der Waals surface area contributed by atoms with Crippen LogP contribution in [0.1, 0.15) is 56.1 Å². The van der Waals surface area contributed by atoms with Crippen molar-refractivity contribution in [1.82, 2.24) is 0 Å². The van der Waals surface area contributed by atoms with Gasteiger partial charge in [-0.15, -0.1) is 0 Å². The Balaban J connectivity index is 1.66. The quantitative estimate of drug-likeness (QED) is 0.851. The molecule has 3 nitrogen and oxygen atoms in total. The minimum absolute atomic E-state index is 0.0265. The molecule has 3 aliphatic rings. The number of aryl methyl sites for hydroxylation is 1. The van der Waals surface area contributed by atoms with Crippen molar-refractivity contribution in [1.29, 1.82) is 0 Å². The second-order valence-corrected chi connectivity index (χ2v) is 7.51. The summed E-state index contributed by atoms with van der Waals surface area (Å²) in [6.07, 6.45) is 6.47. The molecule has 1 aromatic carbocycles. The number of benzene rings is 1. The Hall–Kier alpha value is -1.35. The number of fused-ring (bicyclic) bond motifs is 5. The predicted octanol–water partition coefficient (Wildman–Crippen LogP) is 3.41. The van der Waals surface area contributed by atoms with E-state index in [0.29, 0.717) is 23.5 Å². The number of Topliss-reactive ketones (excluding diaryl/α,β-unsaturated/α-hetero) is 1. The van der Waals surface area contributed by atoms with Gasteiger partial charge >= 0.3 is 0 Å². The number of ether oxygens (including phenoxy) is 1. The maximum atomic E-state index is 12.3. The molecule has 2 fully saturated rings. The molecule has 2 N–H and O–H groups in total. The average molecular weight is 299 g/mol. The summed E-state index contributed by atoms with van der Waals surface area (Å²) in [5.41, 5.74) is 8.38. The molecular weight excluding hydrogens is 274 g/mol. The summed E-state index contributed by atoms with van der Waals surface area (Å²) in [5, 5.41) is 0. The third-order valence-corrected chi connectivity index (χ3v) is 6.66. The Labute approximate surface area is 132 Å². The molecule has 0 saturated heterocycles. The van der Waals surface area contributed by atoms with Crippen LogP contribution in [0.15, 0.2) is 18.2 Å². The Morgan fingerprint density at radius 3 is 2.95 bits per heavy atom. The smallest absolute Gasteiger partial charge is 0.139 e. The van der Waals surface area contributed by atoms with E-state index in [-0.39, 0.29) is 12.1 Å². The van der Waals surface area contributed by atoms with Crippen molar-refractivity contribution < 1.29 is 9.53 Å². The lowest BCUT2D eigenvalue weighted by atomic mass is 9.55. The third kappa shape index (κ3) is 1.95. The van der Waals surface area contributed by atoms with Crippen molar-refractivity contribution in [3.05, 3.63) is 29.3 Å². The topological polar surface area (TPSA) is 52.3 Å². The van der Waals surface area contributed by atoms with Crippen LogP contribution in [0.25, 0.3) is 0 Å². The second-order valence-electron chi connectivity index (χ2n) is 7.51. The number of carbonyl (C=O) groups is 1. The molecule has 1 aromatic rings. The number of carbonyl (C=O) groups excluding carboxylic acids is 1. The molecular formula is C19H25NO2. The van der Waals surface area contributed by atoms with Gasteiger partial charge in [0.15, 0.2) is 0 Å². The first-order valence-electron chi connectivity index (χ1n) is 8.62. The lowest BCUT2D eigenvalue weighted by Crippen LogP contribution is -2.42. The van der Waals surface area contributed by atoms with E-state index in [1.807, 2.05) is 0 Å². The minimum Gasteiger partial charge on any atom is -0.479 e. The Bertz CT molecular complexity index is 611. The van der Waals surface area contributed by atoms with Crippen LogP contribution < -0.4 is 10.5 Å². The van der Waals surface area contributed by atoms with E-state index in [1.54, 1.807) is 0 Å². The van der Waals surface area contributed by atoms with E-state index >= 15 is 0 Å². The van der Waals surface area contributed by atoms with Gasteiger partial charge in [-0.25, -0.2) is 0 Å². The van der Waals surface area contributed by atoms with Crippen LogP contribution >= 0.6 is 0 Å². The number of hydrogen-bond acceptors (Lipinski definition) is 3. The fourth-order valence-corrected chi connectivity index (χ4v) is 5.52. The number of rotatable bonds is 2. The van der Waals surface area contributed by atoms with Gasteiger partial charge in [0.25, 0.3) is 0 Å². The van der Waals surface area contributed by atoms with Gasteiger partial charge in [0.2, 0.25) is 0 Å². The standard InChI is InChI=1S/C19H25NO2/c1-19-9-8-15-14-5-3-13(22-11-20)10-12(14)2-4-16(15)17(19)6-7-18(19)21/h3,5,10,15-17H,2,4,6-9,11,20H2,1H3. The summed E-state index contributed by atoms with van der Waals surface area (Å²) in [6, 6.07) is 6.48. The van der Waals surface area contributed by atoms with Crippen LogP contribution in [0.3, 0.4) is 0 Å². The fourth-order valence-electron chi connectivity index (χ4n) is 5.52. The van der Waals surface area contributed by atoms with E-state index in [9.17, 15) is 4.79 Å². The molecule has 0 aliphatic heterocycles. The number of nitrogens with two attached hydrogens (primary N) is 1. The maximum absolute atomic E-state index is 12.3. The van der Waals surface area contributed by atoms with Crippen LogP contribution in [0.5, 0.6) is 5.75 Å². The third-order valence-electron chi connectivity index (χ3n) is 6.66. The summed E-state index contributed by atoms with van der Waals surface area (Å²) in [6.45, 7) is 2.46. The van der Waals surface area contributed by atoms with Crippen molar-refractivity contribution in [2.24, 2.45) is 23.0 Å². The van der Waals surface area contributed by atoms with Crippen molar-refractivity contribution >= 4 is 5.78 Å². The molecule has 2 saturated carbocycles. The van der Waals surface area contributed by atoms with Gasteiger partial charge in [0.1, 0.15) is 18.3 Å². The van der Waals surface area contributed by atoms with E-state index in [1.165, 1.54) is 17.5 Å². The average Bonchev–Trinajstić information content (AvgIpc) is 2.83. The highest BCUT2D eigenvalue weighted by atomic mass is 16.5. The van der Waals surface area contributed by atoms with Crippen molar-refractivity contribution in [3.63, 3.8) is 0 Å². The van der Waals surface area contributed by atoms with Gasteiger partial charge in [-0.05, 0) is 73.1 Å². The van der Waals surface area contributed by atoms with Crippen LogP contribution in [0, 0.1) is 17.3 Å². The number of ketones is 1.